The first-order chi connectivity index (χ1) is 10.3. The van der Waals surface area contributed by atoms with Crippen LogP contribution in [0.5, 0.6) is 0 Å². The molecule has 0 radical (unpaired) electrons. The van der Waals surface area contributed by atoms with Gasteiger partial charge in [-0.1, -0.05) is 13.2 Å². The van der Waals surface area contributed by atoms with Crippen LogP contribution in [0.1, 0.15) is 0 Å². The van der Waals surface area contributed by atoms with Crippen molar-refractivity contribution in [1.82, 2.24) is 14.5 Å². The molecule has 3 N–H and O–H groups in total. The zero-order valence-corrected chi connectivity index (χ0v) is 11.5. The van der Waals surface area contributed by atoms with Gasteiger partial charge >= 0.3 is 17.1 Å². The van der Waals surface area contributed by atoms with E-state index in [2.05, 4.69) is 13.2 Å². The molecule has 0 saturated carbocycles. The Morgan fingerprint density at radius 2 is 1.73 bits per heavy atom. The number of carbonyl (C=O) groups is 2. The lowest BCUT2D eigenvalue weighted by molar-refractivity contribution is -0.181. The highest BCUT2D eigenvalue weighted by molar-refractivity contribution is 6.03. The molecule has 0 bridgehead atoms. The monoisotopic (exact) mass is 311 g/mol. The van der Waals surface area contributed by atoms with E-state index in [9.17, 15) is 29.1 Å². The van der Waals surface area contributed by atoms with Gasteiger partial charge in [0.1, 0.15) is 0 Å². The molecule has 0 aromatic carbocycles. The molecule has 2 atom stereocenters. The molecule has 0 saturated heterocycles. The molecule has 1 heterocycles. The summed E-state index contributed by atoms with van der Waals surface area (Å²) in [4.78, 5) is 62.0. The number of ether oxygens (including phenoxy) is 1. The number of carbonyl (C=O) groups excluding carboxylic acids is 2. The second-order valence-electron chi connectivity index (χ2n) is 4.00. The normalized spacial score (nSPS) is 14.6. The van der Waals surface area contributed by atoms with Gasteiger partial charge in [-0.2, -0.15) is 0 Å². The van der Waals surface area contributed by atoms with Crippen LogP contribution in [-0.4, -0.2) is 44.4 Å². The number of aromatic amines is 2. The van der Waals surface area contributed by atoms with Gasteiger partial charge in [0.25, 0.3) is 5.72 Å². The van der Waals surface area contributed by atoms with E-state index < -0.39 is 40.5 Å². The summed E-state index contributed by atoms with van der Waals surface area (Å²) in [6.07, 6.45) is -0.940. The Bertz CT molecular complexity index is 766. The fourth-order valence-corrected chi connectivity index (χ4v) is 1.85. The highest BCUT2D eigenvalue weighted by atomic mass is 16.5. The van der Waals surface area contributed by atoms with E-state index in [0.29, 0.717) is 12.2 Å². The molecule has 0 aliphatic heterocycles. The van der Waals surface area contributed by atoms with Gasteiger partial charge in [0, 0.05) is 7.11 Å². The van der Waals surface area contributed by atoms with Gasteiger partial charge in [0.15, 0.2) is 11.9 Å². The lowest BCUT2D eigenvalue weighted by Gasteiger charge is -2.33. The summed E-state index contributed by atoms with van der Waals surface area (Å²) in [5, 5.41) is 10.1. The second-order valence-corrected chi connectivity index (χ2v) is 4.00. The van der Waals surface area contributed by atoms with Crippen LogP contribution < -0.4 is 17.1 Å². The summed E-state index contributed by atoms with van der Waals surface area (Å²) in [6.45, 7) is 6.30. The molecule has 0 amide bonds. The molecule has 0 aliphatic carbocycles. The van der Waals surface area contributed by atoms with E-state index in [1.54, 1.807) is 9.97 Å². The highest BCUT2D eigenvalue weighted by Gasteiger charge is 2.51. The Labute approximate surface area is 122 Å². The molecule has 0 aliphatic rings. The van der Waals surface area contributed by atoms with Crippen molar-refractivity contribution < 1.29 is 19.4 Å². The minimum Gasteiger partial charge on any atom is -0.379 e. The zero-order chi connectivity index (χ0) is 17.1. The lowest BCUT2D eigenvalue weighted by atomic mass is 9.97. The van der Waals surface area contributed by atoms with Gasteiger partial charge in [-0.05, 0) is 12.2 Å². The third-order valence-electron chi connectivity index (χ3n) is 2.87. The Hall–Kier alpha value is -2.85. The molecular weight excluding hydrogens is 298 g/mol. The number of methoxy groups -OCH3 is 1. The number of aliphatic hydroxyl groups is 1. The van der Waals surface area contributed by atoms with Gasteiger partial charge in [-0.25, -0.2) is 19.0 Å². The molecule has 0 spiro atoms. The van der Waals surface area contributed by atoms with Crippen LogP contribution in [0.3, 0.4) is 0 Å². The predicted octanol–water partition coefficient (Wildman–Crippen LogP) is -2.60. The van der Waals surface area contributed by atoms with Crippen molar-refractivity contribution in [2.24, 2.45) is 0 Å². The van der Waals surface area contributed by atoms with Gasteiger partial charge in [-0.3, -0.25) is 19.6 Å². The van der Waals surface area contributed by atoms with Crippen molar-refractivity contribution >= 4 is 11.6 Å². The first kappa shape index (κ1) is 17.2. The standard InChI is InChI=1S/C12H13N3O7/c1-4-6(16)8(18)12(22-3,7(17)5-2)15-10(20)13-9(19)14-11(15)21/h4-5,8,18H,1-2H2,3H3,(H2,13,14,19,20,21). The van der Waals surface area contributed by atoms with E-state index in [1.165, 1.54) is 0 Å². The number of hydrogen-bond donors (Lipinski definition) is 3. The number of nitrogens with zero attached hydrogens (tertiary/aromatic N) is 1. The number of hydrogen-bond acceptors (Lipinski definition) is 7. The maximum Gasteiger partial charge on any atom is 0.336 e. The topological polar surface area (TPSA) is 151 Å². The largest absolute Gasteiger partial charge is 0.379 e. The average Bonchev–Trinajstić information content (AvgIpc) is 2.48. The first-order valence-electron chi connectivity index (χ1n) is 5.78. The fraction of sp³-hybridized carbons (Fsp3) is 0.250. The number of H-pyrrole nitrogens is 2. The first-order valence-corrected chi connectivity index (χ1v) is 5.78. The lowest BCUT2D eigenvalue weighted by Crippen LogP contribution is -2.64. The minimum absolute atomic E-state index is 0.0878. The molecule has 1 aromatic rings. The summed E-state index contributed by atoms with van der Waals surface area (Å²) in [7, 11) is 0.887. The second kappa shape index (κ2) is 6.28. The molecule has 10 heteroatoms. The Kier molecular flexibility index (Phi) is 4.91. The van der Waals surface area contributed by atoms with Crippen molar-refractivity contribution in [3.05, 3.63) is 56.8 Å². The molecule has 10 nitrogen and oxygen atoms in total. The molecule has 118 valence electrons. The van der Waals surface area contributed by atoms with Crippen molar-refractivity contribution in [3.63, 3.8) is 0 Å². The van der Waals surface area contributed by atoms with Crippen LogP contribution in [0.4, 0.5) is 0 Å². The van der Waals surface area contributed by atoms with Crippen molar-refractivity contribution in [1.29, 1.82) is 0 Å². The van der Waals surface area contributed by atoms with Gasteiger partial charge < -0.3 is 9.84 Å². The van der Waals surface area contributed by atoms with Crippen LogP contribution in [0.15, 0.2) is 39.7 Å². The Morgan fingerprint density at radius 1 is 1.23 bits per heavy atom. The van der Waals surface area contributed by atoms with Gasteiger partial charge in [0.2, 0.25) is 5.78 Å². The smallest absolute Gasteiger partial charge is 0.336 e. The predicted molar refractivity (Wildman–Crippen MR) is 73.3 cm³/mol. The maximum absolute atomic E-state index is 12.1. The van der Waals surface area contributed by atoms with Crippen LogP contribution in [0.2, 0.25) is 0 Å². The molecule has 22 heavy (non-hydrogen) atoms. The molecule has 1 rings (SSSR count). The number of nitrogens with one attached hydrogen (secondary N) is 2. The molecular formula is C12H13N3O7. The van der Waals surface area contributed by atoms with Crippen LogP contribution in [0.25, 0.3) is 0 Å². The number of ketones is 2. The van der Waals surface area contributed by atoms with Crippen molar-refractivity contribution in [2.75, 3.05) is 7.11 Å². The highest BCUT2D eigenvalue weighted by Crippen LogP contribution is 2.22. The summed E-state index contributed by atoms with van der Waals surface area (Å²) < 4.78 is 4.93. The number of aliphatic hydroxyl groups excluding tert-OH is 1. The maximum atomic E-state index is 12.1. The summed E-state index contributed by atoms with van der Waals surface area (Å²) >= 11 is 0. The van der Waals surface area contributed by atoms with E-state index in [-0.39, 0.29) is 4.57 Å². The van der Waals surface area contributed by atoms with Crippen molar-refractivity contribution in [3.8, 4) is 0 Å². The van der Waals surface area contributed by atoms with E-state index in [1.807, 2.05) is 0 Å². The minimum atomic E-state index is -2.73. The van der Waals surface area contributed by atoms with Gasteiger partial charge in [-0.15, -0.1) is 0 Å². The van der Waals surface area contributed by atoms with Gasteiger partial charge in [0.05, 0.1) is 0 Å². The number of rotatable bonds is 7. The average molecular weight is 311 g/mol. The Morgan fingerprint density at radius 3 is 2.09 bits per heavy atom. The third-order valence-corrected chi connectivity index (χ3v) is 2.87. The summed E-state index contributed by atoms with van der Waals surface area (Å²) in [5.41, 5.74) is -6.59. The third kappa shape index (κ3) is 2.52. The SMILES string of the molecule is C=CC(=O)C(O)C(OC)(C(=O)C=C)n1c(=O)[nH]c(=O)[nH]c1=O. The quantitative estimate of drug-likeness (QED) is 0.467. The van der Waals surface area contributed by atoms with E-state index in [4.69, 9.17) is 4.74 Å². The van der Waals surface area contributed by atoms with Crippen LogP contribution in [0, 0.1) is 0 Å². The fourth-order valence-electron chi connectivity index (χ4n) is 1.85. The van der Waals surface area contributed by atoms with Crippen LogP contribution >= 0.6 is 0 Å². The zero-order valence-electron chi connectivity index (χ0n) is 11.5. The van der Waals surface area contributed by atoms with E-state index in [0.717, 1.165) is 7.11 Å². The molecule has 0 fully saturated rings. The molecule has 2 unspecified atom stereocenters. The molecule has 1 aromatic heterocycles. The number of aromatic nitrogens is 3. The summed E-state index contributed by atoms with van der Waals surface area (Å²) in [5.74, 6) is -2.24. The van der Waals surface area contributed by atoms with Crippen LogP contribution in [-0.2, 0) is 20.1 Å². The Balaban J connectivity index is 3.92. The summed E-state index contributed by atoms with van der Waals surface area (Å²) in [6, 6.07) is 0. The van der Waals surface area contributed by atoms with E-state index >= 15 is 0 Å². The van der Waals surface area contributed by atoms with Crippen molar-refractivity contribution in [2.45, 2.75) is 11.8 Å².